The minimum atomic E-state index is -0.151. The second-order valence-electron chi connectivity index (χ2n) is 3.24. The lowest BCUT2D eigenvalue weighted by Gasteiger charge is -2.06. The zero-order valence-corrected chi connectivity index (χ0v) is 10.3. The molecule has 2 amide bonds. The van der Waals surface area contributed by atoms with Crippen molar-refractivity contribution in [1.82, 2.24) is 5.32 Å². The van der Waals surface area contributed by atoms with E-state index in [1.807, 2.05) is 24.3 Å². The number of amides is 2. The van der Waals surface area contributed by atoms with Crippen LogP contribution in [-0.2, 0) is 0 Å². The Balaban J connectivity index is 2.37. The van der Waals surface area contributed by atoms with Crippen molar-refractivity contribution in [3.8, 4) is 0 Å². The lowest BCUT2D eigenvalue weighted by atomic mass is 10.3. The standard InChI is InChI=1S/C11H15BrN2O/c1-2-3-7-13-11(15)14-10-6-4-5-9(12)8-10/h4-6,8H,2-3,7H2,1H3,(H2,13,14,15). The molecule has 15 heavy (non-hydrogen) atoms. The molecule has 0 aromatic heterocycles. The molecule has 0 aliphatic carbocycles. The van der Waals surface area contributed by atoms with Gasteiger partial charge in [0.2, 0.25) is 0 Å². The van der Waals surface area contributed by atoms with Crippen molar-refractivity contribution in [3.05, 3.63) is 28.7 Å². The fraction of sp³-hybridized carbons (Fsp3) is 0.364. The number of nitrogens with one attached hydrogen (secondary N) is 2. The van der Waals surface area contributed by atoms with Crippen molar-refractivity contribution < 1.29 is 4.79 Å². The topological polar surface area (TPSA) is 41.1 Å². The second kappa shape index (κ2) is 6.45. The first-order valence-corrected chi connectivity index (χ1v) is 5.82. The van der Waals surface area contributed by atoms with Crippen LogP contribution in [0.2, 0.25) is 0 Å². The van der Waals surface area contributed by atoms with E-state index in [9.17, 15) is 4.79 Å². The van der Waals surface area contributed by atoms with E-state index in [1.165, 1.54) is 0 Å². The van der Waals surface area contributed by atoms with E-state index >= 15 is 0 Å². The summed E-state index contributed by atoms with van der Waals surface area (Å²) in [7, 11) is 0. The van der Waals surface area contributed by atoms with Crippen LogP contribution in [0, 0.1) is 0 Å². The van der Waals surface area contributed by atoms with E-state index in [2.05, 4.69) is 33.5 Å². The molecule has 0 fully saturated rings. The molecule has 1 rings (SSSR count). The number of hydrogen-bond acceptors (Lipinski definition) is 1. The minimum Gasteiger partial charge on any atom is -0.338 e. The number of benzene rings is 1. The zero-order valence-electron chi connectivity index (χ0n) is 8.72. The van der Waals surface area contributed by atoms with Crippen molar-refractivity contribution in [3.63, 3.8) is 0 Å². The van der Waals surface area contributed by atoms with Crippen molar-refractivity contribution in [2.75, 3.05) is 11.9 Å². The Morgan fingerprint density at radius 1 is 1.47 bits per heavy atom. The van der Waals surface area contributed by atoms with Gasteiger partial charge in [-0.25, -0.2) is 4.79 Å². The van der Waals surface area contributed by atoms with Crippen LogP contribution in [0.3, 0.4) is 0 Å². The molecule has 82 valence electrons. The van der Waals surface area contributed by atoms with Gasteiger partial charge in [0, 0.05) is 16.7 Å². The van der Waals surface area contributed by atoms with Gasteiger partial charge in [0.1, 0.15) is 0 Å². The molecule has 0 unspecified atom stereocenters. The first-order chi connectivity index (χ1) is 7.22. The largest absolute Gasteiger partial charge is 0.338 e. The first-order valence-electron chi connectivity index (χ1n) is 5.03. The Morgan fingerprint density at radius 3 is 2.93 bits per heavy atom. The van der Waals surface area contributed by atoms with Crippen molar-refractivity contribution >= 4 is 27.6 Å². The monoisotopic (exact) mass is 270 g/mol. The summed E-state index contributed by atoms with van der Waals surface area (Å²) in [6.45, 7) is 2.81. The number of carbonyl (C=O) groups excluding carboxylic acids is 1. The number of hydrogen-bond donors (Lipinski definition) is 2. The third-order valence-corrected chi connectivity index (χ3v) is 2.39. The van der Waals surface area contributed by atoms with Crippen LogP contribution in [0.15, 0.2) is 28.7 Å². The van der Waals surface area contributed by atoms with Crippen LogP contribution in [0.25, 0.3) is 0 Å². The van der Waals surface area contributed by atoms with Gasteiger partial charge < -0.3 is 10.6 Å². The molecular formula is C11H15BrN2O. The van der Waals surface area contributed by atoms with E-state index in [0.717, 1.165) is 29.5 Å². The Bertz CT molecular complexity index is 328. The highest BCUT2D eigenvalue weighted by Crippen LogP contribution is 2.15. The summed E-state index contributed by atoms with van der Waals surface area (Å²) in [5, 5.41) is 5.55. The number of carbonyl (C=O) groups is 1. The summed E-state index contributed by atoms with van der Waals surface area (Å²) in [6.07, 6.45) is 2.09. The van der Waals surface area contributed by atoms with Crippen LogP contribution < -0.4 is 10.6 Å². The van der Waals surface area contributed by atoms with Gasteiger partial charge in [-0.1, -0.05) is 35.3 Å². The van der Waals surface area contributed by atoms with E-state index in [0.29, 0.717) is 0 Å². The molecular weight excluding hydrogens is 256 g/mol. The molecule has 3 nitrogen and oxygen atoms in total. The van der Waals surface area contributed by atoms with E-state index < -0.39 is 0 Å². The SMILES string of the molecule is CCCCNC(=O)Nc1cccc(Br)c1. The highest BCUT2D eigenvalue weighted by Gasteiger charge is 2.00. The molecule has 0 aliphatic heterocycles. The van der Waals surface area contributed by atoms with Crippen molar-refractivity contribution in [2.24, 2.45) is 0 Å². The number of anilines is 1. The Hall–Kier alpha value is -1.03. The van der Waals surface area contributed by atoms with Crippen LogP contribution in [-0.4, -0.2) is 12.6 Å². The van der Waals surface area contributed by atoms with E-state index in [4.69, 9.17) is 0 Å². The lowest BCUT2D eigenvalue weighted by molar-refractivity contribution is 0.252. The lowest BCUT2D eigenvalue weighted by Crippen LogP contribution is -2.29. The molecule has 0 spiro atoms. The molecule has 0 bridgehead atoms. The molecule has 0 radical (unpaired) electrons. The van der Waals surface area contributed by atoms with Gasteiger partial charge in [0.15, 0.2) is 0 Å². The maximum Gasteiger partial charge on any atom is 0.319 e. The van der Waals surface area contributed by atoms with Gasteiger partial charge in [-0.05, 0) is 24.6 Å². The van der Waals surface area contributed by atoms with Crippen molar-refractivity contribution in [2.45, 2.75) is 19.8 Å². The molecule has 0 atom stereocenters. The van der Waals surface area contributed by atoms with Crippen LogP contribution in [0.5, 0.6) is 0 Å². The summed E-state index contributed by atoms with van der Waals surface area (Å²) in [5.74, 6) is 0. The van der Waals surface area contributed by atoms with Gasteiger partial charge in [0.05, 0.1) is 0 Å². The first kappa shape index (κ1) is 12.0. The Labute approximate surface area is 98.4 Å². The molecule has 0 aliphatic rings. The van der Waals surface area contributed by atoms with Gasteiger partial charge in [-0.2, -0.15) is 0 Å². The maximum absolute atomic E-state index is 11.4. The Morgan fingerprint density at radius 2 is 2.27 bits per heavy atom. The summed E-state index contributed by atoms with van der Waals surface area (Å²) in [5.41, 5.74) is 0.790. The third-order valence-electron chi connectivity index (χ3n) is 1.90. The van der Waals surface area contributed by atoms with Gasteiger partial charge in [0.25, 0.3) is 0 Å². The minimum absolute atomic E-state index is 0.151. The van der Waals surface area contributed by atoms with E-state index in [1.54, 1.807) is 0 Å². The quantitative estimate of drug-likeness (QED) is 0.810. The highest BCUT2D eigenvalue weighted by atomic mass is 79.9. The fourth-order valence-electron chi connectivity index (χ4n) is 1.12. The fourth-order valence-corrected chi connectivity index (χ4v) is 1.52. The molecule has 4 heteroatoms. The summed E-state index contributed by atoms with van der Waals surface area (Å²) >= 11 is 3.34. The molecule has 0 saturated heterocycles. The van der Waals surface area contributed by atoms with Gasteiger partial charge in [-0.3, -0.25) is 0 Å². The maximum atomic E-state index is 11.4. The predicted molar refractivity (Wildman–Crippen MR) is 66.1 cm³/mol. The summed E-state index contributed by atoms with van der Waals surface area (Å²) in [4.78, 5) is 11.4. The van der Waals surface area contributed by atoms with Crippen LogP contribution in [0.1, 0.15) is 19.8 Å². The smallest absolute Gasteiger partial charge is 0.319 e. The van der Waals surface area contributed by atoms with Gasteiger partial charge in [-0.15, -0.1) is 0 Å². The average Bonchev–Trinajstić information content (AvgIpc) is 2.18. The molecule has 1 aromatic rings. The summed E-state index contributed by atoms with van der Waals surface area (Å²) in [6, 6.07) is 7.36. The number of unbranched alkanes of at least 4 members (excludes halogenated alkanes) is 1. The molecule has 1 aromatic carbocycles. The highest BCUT2D eigenvalue weighted by molar-refractivity contribution is 9.10. The number of urea groups is 1. The van der Waals surface area contributed by atoms with Crippen LogP contribution >= 0.6 is 15.9 Å². The summed E-state index contributed by atoms with van der Waals surface area (Å²) < 4.78 is 0.953. The third kappa shape index (κ3) is 4.83. The Kier molecular flexibility index (Phi) is 5.18. The average molecular weight is 271 g/mol. The van der Waals surface area contributed by atoms with Crippen molar-refractivity contribution in [1.29, 1.82) is 0 Å². The number of rotatable bonds is 4. The van der Waals surface area contributed by atoms with E-state index in [-0.39, 0.29) is 6.03 Å². The molecule has 2 N–H and O–H groups in total. The second-order valence-corrected chi connectivity index (χ2v) is 4.16. The van der Waals surface area contributed by atoms with Gasteiger partial charge >= 0.3 is 6.03 Å². The molecule has 0 heterocycles. The molecule has 0 saturated carbocycles. The van der Waals surface area contributed by atoms with Crippen LogP contribution in [0.4, 0.5) is 10.5 Å². The normalized spacial score (nSPS) is 9.73. The predicted octanol–water partition coefficient (Wildman–Crippen LogP) is 3.37. The zero-order chi connectivity index (χ0) is 11.1. The number of halogens is 1.